The van der Waals surface area contributed by atoms with Crippen molar-refractivity contribution in [1.82, 2.24) is 19.4 Å². The lowest BCUT2D eigenvalue weighted by Crippen LogP contribution is -2.16. The van der Waals surface area contributed by atoms with E-state index in [1.807, 2.05) is 66.8 Å². The van der Waals surface area contributed by atoms with E-state index in [1.54, 1.807) is 24.8 Å². The van der Waals surface area contributed by atoms with Gasteiger partial charge in [0.1, 0.15) is 5.82 Å². The SMILES string of the molecule is Bc1cccc2c(C(=O)Nc3cccc4cnccc34)nc(Cc3ccncc3)n12. The zero-order chi connectivity index (χ0) is 20.5. The predicted octanol–water partition coefficient (Wildman–Crippen LogP) is 2.38. The number of pyridine rings is 3. The van der Waals surface area contributed by atoms with Gasteiger partial charge in [-0.05, 0) is 41.5 Å². The van der Waals surface area contributed by atoms with Crippen LogP contribution < -0.4 is 10.9 Å². The summed E-state index contributed by atoms with van der Waals surface area (Å²) in [5.41, 5.74) is 4.06. The van der Waals surface area contributed by atoms with Gasteiger partial charge < -0.3 is 9.72 Å². The van der Waals surface area contributed by atoms with E-state index in [-0.39, 0.29) is 5.91 Å². The van der Waals surface area contributed by atoms with Gasteiger partial charge in [-0.1, -0.05) is 24.3 Å². The summed E-state index contributed by atoms with van der Waals surface area (Å²) in [6, 6.07) is 17.5. The van der Waals surface area contributed by atoms with Gasteiger partial charge in [0.25, 0.3) is 5.91 Å². The first kappa shape index (κ1) is 18.1. The average molecular weight is 391 g/mol. The van der Waals surface area contributed by atoms with Crippen LogP contribution in [0, 0.1) is 0 Å². The summed E-state index contributed by atoms with van der Waals surface area (Å²) in [5, 5.41) is 4.95. The number of nitrogens with one attached hydrogen (secondary N) is 1. The number of amides is 1. The van der Waals surface area contributed by atoms with Crippen molar-refractivity contribution in [2.24, 2.45) is 0 Å². The van der Waals surface area contributed by atoms with Crippen molar-refractivity contribution in [3.8, 4) is 0 Å². The largest absolute Gasteiger partial charge is 0.320 e. The van der Waals surface area contributed by atoms with Gasteiger partial charge in [0.05, 0.1) is 5.52 Å². The molecule has 5 aromatic rings. The number of fused-ring (bicyclic) bond motifs is 2. The van der Waals surface area contributed by atoms with Gasteiger partial charge in [0.15, 0.2) is 13.5 Å². The van der Waals surface area contributed by atoms with Crippen LogP contribution >= 0.6 is 0 Å². The number of hydrogen-bond acceptors (Lipinski definition) is 4. The Morgan fingerprint density at radius 1 is 0.967 bits per heavy atom. The van der Waals surface area contributed by atoms with Crippen molar-refractivity contribution in [1.29, 1.82) is 0 Å². The Balaban J connectivity index is 1.57. The first-order chi connectivity index (χ1) is 14.7. The Kier molecular flexibility index (Phi) is 4.48. The molecular weight excluding hydrogens is 373 g/mol. The highest BCUT2D eigenvalue weighted by Crippen LogP contribution is 2.23. The van der Waals surface area contributed by atoms with Crippen molar-refractivity contribution in [3.63, 3.8) is 0 Å². The number of aromatic nitrogens is 4. The molecule has 1 amide bonds. The van der Waals surface area contributed by atoms with E-state index in [0.29, 0.717) is 12.1 Å². The molecule has 0 fully saturated rings. The third-order valence-corrected chi connectivity index (χ3v) is 5.18. The van der Waals surface area contributed by atoms with E-state index in [0.717, 1.165) is 39.0 Å². The zero-order valence-corrected chi connectivity index (χ0v) is 16.4. The molecule has 0 atom stereocenters. The molecule has 4 aromatic heterocycles. The Labute approximate surface area is 174 Å². The molecule has 1 N–H and O–H groups in total. The molecule has 144 valence electrons. The number of anilines is 1. The maximum atomic E-state index is 13.2. The lowest BCUT2D eigenvalue weighted by molar-refractivity contribution is 0.102. The third kappa shape index (κ3) is 3.20. The van der Waals surface area contributed by atoms with Crippen molar-refractivity contribution < 1.29 is 4.79 Å². The fourth-order valence-corrected chi connectivity index (χ4v) is 3.76. The van der Waals surface area contributed by atoms with Gasteiger partial charge >= 0.3 is 0 Å². The smallest absolute Gasteiger partial charge is 0.276 e. The van der Waals surface area contributed by atoms with Crippen LogP contribution in [0.4, 0.5) is 5.69 Å². The molecule has 0 radical (unpaired) electrons. The van der Waals surface area contributed by atoms with E-state index in [9.17, 15) is 4.79 Å². The molecule has 0 aliphatic heterocycles. The average Bonchev–Trinajstić information content (AvgIpc) is 3.14. The molecule has 5 rings (SSSR count). The van der Waals surface area contributed by atoms with E-state index >= 15 is 0 Å². The normalized spacial score (nSPS) is 11.1. The molecule has 0 unspecified atom stereocenters. The summed E-state index contributed by atoms with van der Waals surface area (Å²) in [7, 11) is 2.02. The summed E-state index contributed by atoms with van der Waals surface area (Å²) < 4.78 is 2.04. The number of imidazole rings is 1. The lowest BCUT2D eigenvalue weighted by Gasteiger charge is -2.08. The second kappa shape index (κ2) is 7.44. The van der Waals surface area contributed by atoms with Gasteiger partial charge in [-0.15, -0.1) is 0 Å². The fourth-order valence-electron chi connectivity index (χ4n) is 3.76. The molecule has 0 aliphatic carbocycles. The zero-order valence-electron chi connectivity index (χ0n) is 16.4. The highest BCUT2D eigenvalue weighted by atomic mass is 16.1. The minimum Gasteiger partial charge on any atom is -0.320 e. The Hall–Kier alpha value is -4.00. The molecule has 7 heteroatoms. The number of carbonyl (C=O) groups excluding carboxylic acids is 1. The van der Waals surface area contributed by atoms with Gasteiger partial charge in [-0.25, -0.2) is 4.98 Å². The minimum absolute atomic E-state index is 0.233. The number of rotatable bonds is 4. The predicted molar refractivity (Wildman–Crippen MR) is 120 cm³/mol. The van der Waals surface area contributed by atoms with Crippen LogP contribution in [0.15, 0.2) is 79.4 Å². The summed E-state index contributed by atoms with van der Waals surface area (Å²) in [6.07, 6.45) is 7.65. The maximum Gasteiger partial charge on any atom is 0.276 e. The highest BCUT2D eigenvalue weighted by molar-refractivity contribution is 6.31. The molecular formula is C23H18BN5O. The first-order valence-electron chi connectivity index (χ1n) is 9.70. The molecule has 4 heterocycles. The van der Waals surface area contributed by atoms with E-state index < -0.39 is 0 Å². The molecule has 30 heavy (non-hydrogen) atoms. The van der Waals surface area contributed by atoms with E-state index in [1.165, 1.54) is 0 Å². The number of benzene rings is 1. The summed E-state index contributed by atoms with van der Waals surface area (Å²) in [4.78, 5) is 26.2. The second-order valence-corrected chi connectivity index (χ2v) is 7.15. The van der Waals surface area contributed by atoms with Crippen molar-refractivity contribution in [3.05, 3.63) is 96.5 Å². The van der Waals surface area contributed by atoms with E-state index in [2.05, 4.69) is 15.3 Å². The Bertz CT molecular complexity index is 1380. The molecule has 0 bridgehead atoms. The minimum atomic E-state index is -0.233. The van der Waals surface area contributed by atoms with Gasteiger partial charge in [-0.2, -0.15) is 0 Å². The maximum absolute atomic E-state index is 13.2. The van der Waals surface area contributed by atoms with Gasteiger partial charge in [0, 0.05) is 47.7 Å². The van der Waals surface area contributed by atoms with Crippen molar-refractivity contribution in [2.45, 2.75) is 6.42 Å². The van der Waals surface area contributed by atoms with Crippen LogP contribution in [0.5, 0.6) is 0 Å². The first-order valence-corrected chi connectivity index (χ1v) is 9.70. The summed E-state index contributed by atoms with van der Waals surface area (Å²) >= 11 is 0. The van der Waals surface area contributed by atoms with Crippen LogP contribution in [0.2, 0.25) is 0 Å². The van der Waals surface area contributed by atoms with Crippen LogP contribution in [0.1, 0.15) is 21.9 Å². The summed E-state index contributed by atoms with van der Waals surface area (Å²) in [6.45, 7) is 0. The molecule has 0 saturated heterocycles. The molecule has 1 aromatic carbocycles. The quantitative estimate of drug-likeness (QED) is 0.478. The topological polar surface area (TPSA) is 72.2 Å². The van der Waals surface area contributed by atoms with Gasteiger partial charge in [0.2, 0.25) is 0 Å². The molecule has 0 aliphatic rings. The molecule has 0 saturated carbocycles. The van der Waals surface area contributed by atoms with Crippen LogP contribution in [-0.4, -0.2) is 33.1 Å². The van der Waals surface area contributed by atoms with Crippen molar-refractivity contribution >= 4 is 41.3 Å². The van der Waals surface area contributed by atoms with Crippen molar-refractivity contribution in [2.75, 3.05) is 5.32 Å². The highest BCUT2D eigenvalue weighted by Gasteiger charge is 2.19. The number of carbonyl (C=O) groups is 1. The molecule has 6 nitrogen and oxygen atoms in total. The number of nitrogens with zero attached hydrogens (tertiary/aromatic N) is 4. The second-order valence-electron chi connectivity index (χ2n) is 7.15. The van der Waals surface area contributed by atoms with Crippen LogP contribution in [0.3, 0.4) is 0 Å². The Morgan fingerprint density at radius 3 is 2.63 bits per heavy atom. The lowest BCUT2D eigenvalue weighted by atomic mass is 10.0. The molecule has 0 spiro atoms. The standard InChI is InChI=1S/C23H18BN5O/c24-20-6-2-5-19-22(28-21(29(19)20)13-15-7-10-25-11-8-15)23(30)27-18-4-1-3-16-14-26-12-9-17(16)18/h1-12,14H,13,24H2,(H,27,30). The van der Waals surface area contributed by atoms with Crippen LogP contribution in [-0.2, 0) is 6.42 Å². The third-order valence-electron chi connectivity index (χ3n) is 5.18. The summed E-state index contributed by atoms with van der Waals surface area (Å²) in [5.74, 6) is 0.588. The van der Waals surface area contributed by atoms with E-state index in [4.69, 9.17) is 4.98 Å². The van der Waals surface area contributed by atoms with Crippen LogP contribution in [0.25, 0.3) is 16.3 Å². The van der Waals surface area contributed by atoms with Gasteiger partial charge in [-0.3, -0.25) is 14.8 Å². The number of hydrogen-bond donors (Lipinski definition) is 1. The Morgan fingerprint density at radius 2 is 1.77 bits per heavy atom. The fraction of sp³-hybridized carbons (Fsp3) is 0.0435. The monoisotopic (exact) mass is 391 g/mol.